The third-order valence-electron chi connectivity index (χ3n) is 3.66. The number of hydrogen-bond acceptors (Lipinski definition) is 4. The first-order chi connectivity index (χ1) is 8.70. The molecular formula is C12H21FN2O3. The van der Waals surface area contributed by atoms with Gasteiger partial charge in [0.25, 0.3) is 0 Å². The number of amides is 1. The van der Waals surface area contributed by atoms with Crippen LogP contribution >= 0.6 is 0 Å². The molecule has 2 heterocycles. The van der Waals surface area contributed by atoms with Gasteiger partial charge in [-0.3, -0.25) is 9.69 Å². The smallest absolute Gasteiger partial charge is 0.224 e. The van der Waals surface area contributed by atoms with E-state index in [-0.39, 0.29) is 18.6 Å². The molecule has 18 heavy (non-hydrogen) atoms. The van der Waals surface area contributed by atoms with Gasteiger partial charge >= 0.3 is 0 Å². The van der Waals surface area contributed by atoms with Crippen LogP contribution in [0.2, 0.25) is 0 Å². The van der Waals surface area contributed by atoms with E-state index >= 15 is 0 Å². The Kier molecular flexibility index (Phi) is 4.91. The third-order valence-corrected chi connectivity index (χ3v) is 3.66. The Bertz CT molecular complexity index is 284. The van der Waals surface area contributed by atoms with Crippen LogP contribution in [-0.4, -0.2) is 79.0 Å². The first kappa shape index (κ1) is 13.7. The SMILES string of the molecule is O=C(CCN1C[C@@H](F)C[C@H]1CO)N1CCOCC1. The van der Waals surface area contributed by atoms with E-state index in [1.54, 1.807) is 4.90 Å². The normalized spacial score (nSPS) is 29.8. The van der Waals surface area contributed by atoms with Gasteiger partial charge in [0.05, 0.1) is 19.8 Å². The number of ether oxygens (including phenoxy) is 1. The molecule has 0 unspecified atom stereocenters. The van der Waals surface area contributed by atoms with Gasteiger partial charge in [-0.2, -0.15) is 0 Å². The fraction of sp³-hybridized carbons (Fsp3) is 0.917. The molecule has 5 nitrogen and oxygen atoms in total. The lowest BCUT2D eigenvalue weighted by molar-refractivity contribution is -0.135. The van der Waals surface area contributed by atoms with Gasteiger partial charge in [-0.25, -0.2) is 4.39 Å². The number of likely N-dealkylation sites (tertiary alicyclic amines) is 1. The molecule has 6 heteroatoms. The predicted octanol–water partition coefficient (Wildman–Crippen LogP) is -0.360. The van der Waals surface area contributed by atoms with Crippen LogP contribution in [0, 0.1) is 0 Å². The van der Waals surface area contributed by atoms with Gasteiger partial charge < -0.3 is 14.7 Å². The van der Waals surface area contributed by atoms with E-state index in [1.807, 2.05) is 4.90 Å². The first-order valence-corrected chi connectivity index (χ1v) is 6.55. The molecule has 2 fully saturated rings. The average molecular weight is 260 g/mol. The van der Waals surface area contributed by atoms with Crippen LogP contribution in [0.25, 0.3) is 0 Å². The second-order valence-electron chi connectivity index (χ2n) is 4.91. The van der Waals surface area contributed by atoms with E-state index in [0.29, 0.717) is 52.2 Å². The predicted molar refractivity (Wildman–Crippen MR) is 64.0 cm³/mol. The maximum Gasteiger partial charge on any atom is 0.224 e. The van der Waals surface area contributed by atoms with Crippen LogP contribution in [-0.2, 0) is 9.53 Å². The molecule has 2 rings (SSSR count). The number of carbonyl (C=O) groups excluding carboxylic acids is 1. The van der Waals surface area contributed by atoms with Crippen molar-refractivity contribution >= 4 is 5.91 Å². The van der Waals surface area contributed by atoms with Crippen molar-refractivity contribution in [1.82, 2.24) is 9.80 Å². The van der Waals surface area contributed by atoms with E-state index in [0.717, 1.165) is 0 Å². The summed E-state index contributed by atoms with van der Waals surface area (Å²) in [4.78, 5) is 15.6. The Morgan fingerprint density at radius 2 is 2.11 bits per heavy atom. The second kappa shape index (κ2) is 6.45. The van der Waals surface area contributed by atoms with Gasteiger partial charge in [0.1, 0.15) is 6.17 Å². The minimum absolute atomic E-state index is 0.0356. The molecule has 0 aromatic heterocycles. The van der Waals surface area contributed by atoms with Crippen molar-refractivity contribution < 1.29 is 19.0 Å². The fourth-order valence-corrected chi connectivity index (χ4v) is 2.60. The summed E-state index contributed by atoms with van der Waals surface area (Å²) in [5.74, 6) is 0.0947. The molecule has 0 bridgehead atoms. The first-order valence-electron chi connectivity index (χ1n) is 6.55. The van der Waals surface area contributed by atoms with Gasteiger partial charge in [-0.15, -0.1) is 0 Å². The number of halogens is 1. The standard InChI is InChI=1S/C12H21FN2O3/c13-10-7-11(9-16)15(8-10)2-1-12(17)14-3-5-18-6-4-14/h10-11,16H,1-9H2/t10-,11-/m0/s1. The topological polar surface area (TPSA) is 53.0 Å². The Morgan fingerprint density at radius 3 is 2.78 bits per heavy atom. The Balaban J connectivity index is 1.74. The number of carbonyl (C=O) groups is 1. The lowest BCUT2D eigenvalue weighted by Gasteiger charge is -2.28. The third kappa shape index (κ3) is 3.40. The van der Waals surface area contributed by atoms with Crippen molar-refractivity contribution in [2.45, 2.75) is 25.1 Å². The quantitative estimate of drug-likeness (QED) is 0.750. The number of alkyl halides is 1. The van der Waals surface area contributed by atoms with E-state index in [4.69, 9.17) is 9.84 Å². The van der Waals surface area contributed by atoms with E-state index in [9.17, 15) is 9.18 Å². The molecule has 0 aliphatic carbocycles. The molecule has 1 amide bonds. The van der Waals surface area contributed by atoms with Crippen LogP contribution in [0.3, 0.4) is 0 Å². The molecular weight excluding hydrogens is 239 g/mol. The molecule has 104 valence electrons. The van der Waals surface area contributed by atoms with Gasteiger partial charge in [0.2, 0.25) is 5.91 Å². The highest BCUT2D eigenvalue weighted by Gasteiger charge is 2.31. The van der Waals surface area contributed by atoms with Crippen LogP contribution in [0.1, 0.15) is 12.8 Å². The van der Waals surface area contributed by atoms with E-state index in [1.165, 1.54) is 0 Å². The number of aliphatic hydroxyl groups is 1. The lowest BCUT2D eigenvalue weighted by Crippen LogP contribution is -2.42. The zero-order valence-electron chi connectivity index (χ0n) is 10.6. The lowest BCUT2D eigenvalue weighted by atomic mass is 10.2. The average Bonchev–Trinajstić information content (AvgIpc) is 2.77. The summed E-state index contributed by atoms with van der Waals surface area (Å²) >= 11 is 0. The van der Waals surface area contributed by atoms with Gasteiger partial charge in [0.15, 0.2) is 0 Å². The zero-order chi connectivity index (χ0) is 13.0. The van der Waals surface area contributed by atoms with E-state index in [2.05, 4.69) is 0 Å². The molecule has 0 spiro atoms. The summed E-state index contributed by atoms with van der Waals surface area (Å²) in [6, 6.07) is -0.127. The summed E-state index contributed by atoms with van der Waals surface area (Å²) in [5.41, 5.74) is 0. The Hall–Kier alpha value is -0.720. The van der Waals surface area contributed by atoms with Crippen molar-refractivity contribution in [3.8, 4) is 0 Å². The molecule has 1 N–H and O–H groups in total. The molecule has 2 aliphatic heterocycles. The molecule has 0 aromatic rings. The number of aliphatic hydroxyl groups excluding tert-OH is 1. The summed E-state index contributed by atoms with van der Waals surface area (Å²) in [7, 11) is 0. The minimum Gasteiger partial charge on any atom is -0.395 e. The number of nitrogens with zero attached hydrogens (tertiary/aromatic N) is 2. The highest BCUT2D eigenvalue weighted by atomic mass is 19.1. The van der Waals surface area contributed by atoms with Crippen LogP contribution in [0.15, 0.2) is 0 Å². The molecule has 0 radical (unpaired) electrons. The summed E-state index contributed by atoms with van der Waals surface area (Å²) in [6.45, 7) is 3.32. The second-order valence-corrected chi connectivity index (χ2v) is 4.91. The molecule has 2 atom stereocenters. The molecule has 2 saturated heterocycles. The Morgan fingerprint density at radius 1 is 1.39 bits per heavy atom. The van der Waals surface area contributed by atoms with Crippen molar-refractivity contribution in [1.29, 1.82) is 0 Å². The summed E-state index contributed by atoms with van der Waals surface area (Å²) in [5, 5.41) is 9.15. The van der Waals surface area contributed by atoms with Crippen LogP contribution < -0.4 is 0 Å². The highest BCUT2D eigenvalue weighted by molar-refractivity contribution is 5.76. The maximum atomic E-state index is 13.2. The Labute approximate surface area is 106 Å². The van der Waals surface area contributed by atoms with Gasteiger partial charge in [-0.05, 0) is 6.42 Å². The number of hydrogen-bond donors (Lipinski definition) is 1. The van der Waals surface area contributed by atoms with Crippen LogP contribution in [0.4, 0.5) is 4.39 Å². The van der Waals surface area contributed by atoms with Crippen molar-refractivity contribution in [3.63, 3.8) is 0 Å². The van der Waals surface area contributed by atoms with Crippen molar-refractivity contribution in [2.75, 3.05) is 46.0 Å². The summed E-state index contributed by atoms with van der Waals surface area (Å²) in [6.07, 6.45) is -0.105. The van der Waals surface area contributed by atoms with Crippen molar-refractivity contribution in [3.05, 3.63) is 0 Å². The minimum atomic E-state index is -0.874. The number of morpholine rings is 1. The largest absolute Gasteiger partial charge is 0.395 e. The summed E-state index contributed by atoms with van der Waals surface area (Å²) < 4.78 is 18.4. The van der Waals surface area contributed by atoms with Crippen LogP contribution in [0.5, 0.6) is 0 Å². The van der Waals surface area contributed by atoms with Gasteiger partial charge in [-0.1, -0.05) is 0 Å². The monoisotopic (exact) mass is 260 g/mol. The maximum absolute atomic E-state index is 13.2. The highest BCUT2D eigenvalue weighted by Crippen LogP contribution is 2.20. The molecule has 0 saturated carbocycles. The fourth-order valence-electron chi connectivity index (χ4n) is 2.60. The molecule has 0 aromatic carbocycles. The van der Waals surface area contributed by atoms with Gasteiger partial charge in [0, 0.05) is 38.6 Å². The van der Waals surface area contributed by atoms with Crippen molar-refractivity contribution in [2.24, 2.45) is 0 Å². The molecule has 2 aliphatic rings. The zero-order valence-corrected chi connectivity index (χ0v) is 10.6. The van der Waals surface area contributed by atoms with E-state index < -0.39 is 6.17 Å². The number of rotatable bonds is 4.